The molecule has 0 radical (unpaired) electrons. The maximum absolute atomic E-state index is 13.9. The van der Waals surface area contributed by atoms with Gasteiger partial charge in [-0.3, -0.25) is 9.59 Å². The Morgan fingerprint density at radius 1 is 1.00 bits per heavy atom. The zero-order valence-corrected chi connectivity index (χ0v) is 15.0. The lowest BCUT2D eigenvalue weighted by Crippen LogP contribution is -2.51. The lowest BCUT2D eigenvalue weighted by Gasteiger charge is -2.35. The summed E-state index contributed by atoms with van der Waals surface area (Å²) < 4.78 is 13.9. The number of amides is 2. The van der Waals surface area contributed by atoms with Crippen LogP contribution in [0.5, 0.6) is 0 Å². The highest BCUT2D eigenvalue weighted by Gasteiger charge is 2.27. The number of piperazine rings is 1. The van der Waals surface area contributed by atoms with E-state index in [-0.39, 0.29) is 16.5 Å². The quantitative estimate of drug-likeness (QED) is 0.819. The first kappa shape index (κ1) is 18.1. The highest BCUT2D eigenvalue weighted by atomic mass is 35.5. The van der Waals surface area contributed by atoms with E-state index in [0.717, 1.165) is 19.6 Å². The molecule has 0 N–H and O–H groups in total. The summed E-state index contributed by atoms with van der Waals surface area (Å²) in [6, 6.07) is 4.22. The van der Waals surface area contributed by atoms with Crippen molar-refractivity contribution in [2.24, 2.45) is 0 Å². The summed E-state index contributed by atoms with van der Waals surface area (Å²) in [5.41, 5.74) is -0.0852. The second-order valence-electron chi connectivity index (χ2n) is 6.57. The minimum atomic E-state index is -0.610. The van der Waals surface area contributed by atoms with Crippen molar-refractivity contribution in [1.29, 1.82) is 0 Å². The van der Waals surface area contributed by atoms with Crippen LogP contribution in [-0.2, 0) is 4.79 Å². The SMILES string of the molecule is O=C(CCN1CCCC1)N1CCN(C(=O)c2c(F)cccc2Cl)CC1. The number of rotatable bonds is 4. The molecular weight excluding hydrogens is 345 g/mol. The fraction of sp³-hybridized carbons (Fsp3) is 0.556. The molecule has 2 aliphatic rings. The Morgan fingerprint density at radius 2 is 1.64 bits per heavy atom. The summed E-state index contributed by atoms with van der Waals surface area (Å²) in [6.07, 6.45) is 2.95. The smallest absolute Gasteiger partial charge is 0.258 e. The van der Waals surface area contributed by atoms with E-state index in [1.807, 2.05) is 0 Å². The number of carbonyl (C=O) groups excluding carboxylic acids is 2. The number of likely N-dealkylation sites (tertiary alicyclic amines) is 1. The van der Waals surface area contributed by atoms with Crippen molar-refractivity contribution in [2.75, 3.05) is 45.8 Å². The van der Waals surface area contributed by atoms with Crippen molar-refractivity contribution in [2.45, 2.75) is 19.3 Å². The zero-order chi connectivity index (χ0) is 17.8. The number of hydrogen-bond donors (Lipinski definition) is 0. The number of nitrogens with zero attached hydrogens (tertiary/aromatic N) is 3. The third-order valence-electron chi connectivity index (χ3n) is 4.94. The van der Waals surface area contributed by atoms with Gasteiger partial charge in [0.15, 0.2) is 0 Å². The van der Waals surface area contributed by atoms with Crippen LogP contribution in [0.2, 0.25) is 5.02 Å². The summed E-state index contributed by atoms with van der Waals surface area (Å²) in [6.45, 7) is 4.74. The molecule has 2 aliphatic heterocycles. The van der Waals surface area contributed by atoms with Gasteiger partial charge < -0.3 is 14.7 Å². The molecule has 2 fully saturated rings. The monoisotopic (exact) mass is 367 g/mol. The van der Waals surface area contributed by atoms with Crippen LogP contribution in [0.15, 0.2) is 18.2 Å². The predicted molar refractivity (Wildman–Crippen MR) is 94.2 cm³/mol. The maximum Gasteiger partial charge on any atom is 0.258 e. The Labute approximate surface area is 152 Å². The molecule has 0 atom stereocenters. The highest BCUT2D eigenvalue weighted by Crippen LogP contribution is 2.21. The molecule has 2 saturated heterocycles. The molecule has 1 aromatic carbocycles. The van der Waals surface area contributed by atoms with Crippen LogP contribution in [0.25, 0.3) is 0 Å². The van der Waals surface area contributed by atoms with E-state index in [4.69, 9.17) is 11.6 Å². The lowest BCUT2D eigenvalue weighted by atomic mass is 10.1. The molecule has 0 unspecified atom stereocenters. The number of hydrogen-bond acceptors (Lipinski definition) is 3. The van der Waals surface area contributed by atoms with Gasteiger partial charge in [0.05, 0.1) is 10.6 Å². The van der Waals surface area contributed by atoms with E-state index >= 15 is 0 Å². The van der Waals surface area contributed by atoms with Gasteiger partial charge in [0, 0.05) is 39.1 Å². The molecule has 1 aromatic rings. The zero-order valence-electron chi connectivity index (χ0n) is 14.2. The molecule has 0 spiro atoms. The molecule has 3 rings (SSSR count). The number of carbonyl (C=O) groups is 2. The molecule has 136 valence electrons. The van der Waals surface area contributed by atoms with E-state index in [1.165, 1.54) is 31.0 Å². The molecule has 7 heteroatoms. The maximum atomic E-state index is 13.9. The number of benzene rings is 1. The van der Waals surface area contributed by atoms with Crippen molar-refractivity contribution >= 4 is 23.4 Å². The van der Waals surface area contributed by atoms with Crippen molar-refractivity contribution in [3.05, 3.63) is 34.6 Å². The molecule has 0 aromatic heterocycles. The Morgan fingerprint density at radius 3 is 2.28 bits per heavy atom. The molecular formula is C18H23ClFN3O2. The van der Waals surface area contributed by atoms with E-state index < -0.39 is 11.7 Å². The second kappa shape index (κ2) is 8.15. The summed E-state index contributed by atoms with van der Waals surface area (Å²) in [5.74, 6) is -0.892. The molecule has 5 nitrogen and oxygen atoms in total. The molecule has 0 bridgehead atoms. The lowest BCUT2D eigenvalue weighted by molar-refractivity contribution is -0.133. The topological polar surface area (TPSA) is 43.9 Å². The van der Waals surface area contributed by atoms with Gasteiger partial charge in [-0.25, -0.2) is 4.39 Å². The van der Waals surface area contributed by atoms with E-state index in [9.17, 15) is 14.0 Å². The van der Waals surface area contributed by atoms with Crippen LogP contribution >= 0.6 is 11.6 Å². The molecule has 2 amide bonds. The minimum Gasteiger partial charge on any atom is -0.339 e. The third-order valence-corrected chi connectivity index (χ3v) is 5.25. The van der Waals surface area contributed by atoms with Crippen LogP contribution in [0.4, 0.5) is 4.39 Å². The van der Waals surface area contributed by atoms with Gasteiger partial charge in [0.1, 0.15) is 5.82 Å². The van der Waals surface area contributed by atoms with Crippen molar-refractivity contribution in [1.82, 2.24) is 14.7 Å². The molecule has 25 heavy (non-hydrogen) atoms. The molecule has 2 heterocycles. The normalized spacial score (nSPS) is 18.6. The summed E-state index contributed by atoms with van der Waals surface area (Å²) in [7, 11) is 0. The van der Waals surface area contributed by atoms with Crippen LogP contribution in [-0.4, -0.2) is 72.3 Å². The fourth-order valence-corrected chi connectivity index (χ4v) is 3.68. The van der Waals surface area contributed by atoms with Gasteiger partial charge in [-0.05, 0) is 38.1 Å². The van der Waals surface area contributed by atoms with E-state index in [1.54, 1.807) is 9.80 Å². The summed E-state index contributed by atoms with van der Waals surface area (Å²) in [5, 5.41) is 0.120. The van der Waals surface area contributed by atoms with Gasteiger partial charge in [-0.15, -0.1) is 0 Å². The van der Waals surface area contributed by atoms with Gasteiger partial charge in [0.25, 0.3) is 5.91 Å². The van der Waals surface area contributed by atoms with E-state index in [2.05, 4.69) is 4.90 Å². The standard InChI is InChI=1S/C18H23ClFN3O2/c19-14-4-3-5-15(20)17(14)18(25)23-12-10-22(11-13-23)16(24)6-9-21-7-1-2-8-21/h3-5H,1-2,6-13H2. The highest BCUT2D eigenvalue weighted by molar-refractivity contribution is 6.33. The van der Waals surface area contributed by atoms with Gasteiger partial charge >= 0.3 is 0 Å². The summed E-state index contributed by atoms with van der Waals surface area (Å²) >= 11 is 5.97. The van der Waals surface area contributed by atoms with Crippen molar-refractivity contribution < 1.29 is 14.0 Å². The Hall–Kier alpha value is -1.66. The fourth-order valence-electron chi connectivity index (χ4n) is 3.44. The average Bonchev–Trinajstić information content (AvgIpc) is 3.13. The van der Waals surface area contributed by atoms with Crippen LogP contribution in [0.3, 0.4) is 0 Å². The largest absolute Gasteiger partial charge is 0.339 e. The van der Waals surface area contributed by atoms with E-state index in [0.29, 0.717) is 32.6 Å². The Kier molecular flexibility index (Phi) is 5.91. The Balaban J connectivity index is 1.51. The predicted octanol–water partition coefficient (Wildman–Crippen LogP) is 2.25. The van der Waals surface area contributed by atoms with Gasteiger partial charge in [-0.2, -0.15) is 0 Å². The number of halogens is 2. The van der Waals surface area contributed by atoms with Gasteiger partial charge in [-0.1, -0.05) is 17.7 Å². The Bertz CT molecular complexity index is 621. The first-order valence-corrected chi connectivity index (χ1v) is 9.17. The summed E-state index contributed by atoms with van der Waals surface area (Å²) in [4.78, 5) is 30.5. The van der Waals surface area contributed by atoms with Crippen LogP contribution in [0, 0.1) is 5.82 Å². The molecule has 0 saturated carbocycles. The molecule has 0 aliphatic carbocycles. The van der Waals surface area contributed by atoms with Crippen molar-refractivity contribution in [3.63, 3.8) is 0 Å². The second-order valence-corrected chi connectivity index (χ2v) is 6.98. The van der Waals surface area contributed by atoms with Crippen molar-refractivity contribution in [3.8, 4) is 0 Å². The first-order chi connectivity index (χ1) is 12.1. The minimum absolute atomic E-state index is 0.0852. The van der Waals surface area contributed by atoms with Crippen LogP contribution in [0.1, 0.15) is 29.6 Å². The van der Waals surface area contributed by atoms with Crippen LogP contribution < -0.4 is 0 Å². The third kappa shape index (κ3) is 4.30. The first-order valence-electron chi connectivity index (χ1n) is 8.79. The average molecular weight is 368 g/mol. The van der Waals surface area contributed by atoms with Gasteiger partial charge in [0.2, 0.25) is 5.91 Å².